The predicted molar refractivity (Wildman–Crippen MR) is 117 cm³/mol. The van der Waals surface area contributed by atoms with Crippen molar-refractivity contribution < 1.29 is 9.53 Å². The molecule has 29 heavy (non-hydrogen) atoms. The number of benzene rings is 2. The first-order valence-corrected chi connectivity index (χ1v) is 9.47. The number of carbonyl (C=O) groups is 1. The van der Waals surface area contributed by atoms with Gasteiger partial charge in [0.25, 0.3) is 11.5 Å². The van der Waals surface area contributed by atoms with Crippen molar-refractivity contribution in [3.8, 4) is 5.75 Å². The van der Waals surface area contributed by atoms with Crippen LogP contribution in [0.25, 0.3) is 10.9 Å². The Kier molecular flexibility index (Phi) is 6.52. The Hall–Kier alpha value is -3.31. The standard InChI is InChI=1S/C23H21ClN2O3/c1-3-16(2)15-25-22(27)20-13-17-9-10-18(24)14-21(17)26(23(20)28)11-12-29-19-7-5-4-6-8-19/h3-10,13-14H,1-2,11-12,15H2,(H,25,27). The van der Waals surface area contributed by atoms with Crippen molar-refractivity contribution in [2.45, 2.75) is 6.54 Å². The van der Waals surface area contributed by atoms with Crippen LogP contribution in [0.2, 0.25) is 5.02 Å². The largest absolute Gasteiger partial charge is 0.492 e. The maximum absolute atomic E-state index is 13.1. The van der Waals surface area contributed by atoms with E-state index in [0.29, 0.717) is 21.9 Å². The van der Waals surface area contributed by atoms with Crippen molar-refractivity contribution >= 4 is 28.4 Å². The molecule has 148 valence electrons. The average Bonchev–Trinajstić information content (AvgIpc) is 2.74. The molecule has 0 aliphatic rings. The average molecular weight is 409 g/mol. The third kappa shape index (κ3) is 4.95. The van der Waals surface area contributed by atoms with Gasteiger partial charge >= 0.3 is 0 Å². The minimum atomic E-state index is -0.465. The van der Waals surface area contributed by atoms with E-state index >= 15 is 0 Å². The van der Waals surface area contributed by atoms with Gasteiger partial charge in [0.05, 0.1) is 12.1 Å². The Morgan fingerprint density at radius 3 is 2.66 bits per heavy atom. The Balaban J connectivity index is 1.92. The number of para-hydroxylation sites is 1. The zero-order chi connectivity index (χ0) is 20.8. The summed E-state index contributed by atoms with van der Waals surface area (Å²) in [4.78, 5) is 25.6. The first kappa shape index (κ1) is 20.4. The number of hydrogen-bond donors (Lipinski definition) is 1. The monoisotopic (exact) mass is 408 g/mol. The molecule has 5 nitrogen and oxygen atoms in total. The number of halogens is 1. The summed E-state index contributed by atoms with van der Waals surface area (Å²) in [5, 5.41) is 3.94. The molecule has 3 aromatic rings. The lowest BCUT2D eigenvalue weighted by atomic mass is 10.1. The van der Waals surface area contributed by atoms with Crippen molar-refractivity contribution in [3.63, 3.8) is 0 Å². The maximum Gasteiger partial charge on any atom is 0.264 e. The number of pyridine rings is 1. The molecule has 6 heteroatoms. The highest BCUT2D eigenvalue weighted by Gasteiger charge is 2.16. The third-order valence-electron chi connectivity index (χ3n) is 4.39. The van der Waals surface area contributed by atoms with Crippen LogP contribution in [0.3, 0.4) is 0 Å². The molecule has 0 bridgehead atoms. The van der Waals surface area contributed by atoms with Gasteiger partial charge in [-0.1, -0.05) is 55.1 Å². The van der Waals surface area contributed by atoms with Crippen LogP contribution in [0.15, 0.2) is 84.2 Å². The van der Waals surface area contributed by atoms with Gasteiger partial charge in [-0.05, 0) is 41.3 Å². The second-order valence-electron chi connectivity index (χ2n) is 6.42. The number of nitrogens with zero attached hydrogens (tertiary/aromatic N) is 1. The van der Waals surface area contributed by atoms with E-state index in [1.165, 1.54) is 4.57 Å². The highest BCUT2D eigenvalue weighted by molar-refractivity contribution is 6.31. The summed E-state index contributed by atoms with van der Waals surface area (Å²) in [7, 11) is 0. The molecule has 3 rings (SSSR count). The second-order valence-corrected chi connectivity index (χ2v) is 6.86. The van der Waals surface area contributed by atoms with E-state index in [1.807, 2.05) is 30.3 Å². The Morgan fingerprint density at radius 2 is 1.93 bits per heavy atom. The molecular formula is C23H21ClN2O3. The van der Waals surface area contributed by atoms with Crippen LogP contribution < -0.4 is 15.6 Å². The molecule has 0 radical (unpaired) electrons. The highest BCUT2D eigenvalue weighted by atomic mass is 35.5. The SMILES string of the molecule is C=CC(=C)CNC(=O)c1cc2ccc(Cl)cc2n(CCOc2ccccc2)c1=O. The van der Waals surface area contributed by atoms with Crippen LogP contribution in [0, 0.1) is 0 Å². The number of hydrogen-bond acceptors (Lipinski definition) is 3. The summed E-state index contributed by atoms with van der Waals surface area (Å²) in [5.41, 5.74) is 0.947. The number of ether oxygens (including phenoxy) is 1. The lowest BCUT2D eigenvalue weighted by Gasteiger charge is -2.14. The van der Waals surface area contributed by atoms with Crippen LogP contribution >= 0.6 is 11.6 Å². The number of rotatable bonds is 8. The van der Waals surface area contributed by atoms with Crippen LogP contribution in [-0.2, 0) is 6.54 Å². The van der Waals surface area contributed by atoms with Crippen molar-refractivity contribution in [2.75, 3.05) is 13.2 Å². The van der Waals surface area contributed by atoms with Crippen LogP contribution in [0.5, 0.6) is 5.75 Å². The number of aromatic nitrogens is 1. The van der Waals surface area contributed by atoms with E-state index in [9.17, 15) is 9.59 Å². The molecule has 0 fully saturated rings. The van der Waals surface area contributed by atoms with Crippen LogP contribution in [0.4, 0.5) is 0 Å². The molecule has 0 aliphatic heterocycles. The first-order valence-electron chi connectivity index (χ1n) is 9.09. The summed E-state index contributed by atoms with van der Waals surface area (Å²) >= 11 is 6.13. The molecule has 1 aromatic heterocycles. The second kappa shape index (κ2) is 9.26. The molecular weight excluding hydrogens is 388 g/mol. The summed E-state index contributed by atoms with van der Waals surface area (Å²) in [5.74, 6) is 0.243. The minimum Gasteiger partial charge on any atom is -0.492 e. The Labute approximate surface area is 173 Å². The van der Waals surface area contributed by atoms with Gasteiger partial charge in [-0.25, -0.2) is 0 Å². The molecule has 1 N–H and O–H groups in total. The summed E-state index contributed by atoms with van der Waals surface area (Å²) in [6.07, 6.45) is 1.56. The van der Waals surface area contributed by atoms with Crippen molar-refractivity contribution in [1.82, 2.24) is 9.88 Å². The van der Waals surface area contributed by atoms with Gasteiger partial charge in [0.1, 0.15) is 17.9 Å². The molecule has 0 aliphatic carbocycles. The minimum absolute atomic E-state index is 0.0522. The van der Waals surface area contributed by atoms with Gasteiger partial charge < -0.3 is 14.6 Å². The molecule has 2 aromatic carbocycles. The molecule has 1 heterocycles. The lowest BCUT2D eigenvalue weighted by molar-refractivity contribution is 0.0955. The topological polar surface area (TPSA) is 60.3 Å². The van der Waals surface area contributed by atoms with E-state index < -0.39 is 11.5 Å². The molecule has 0 unspecified atom stereocenters. The van der Waals surface area contributed by atoms with Crippen LogP contribution in [0.1, 0.15) is 10.4 Å². The van der Waals surface area contributed by atoms with E-state index in [1.54, 1.807) is 30.3 Å². The fraction of sp³-hybridized carbons (Fsp3) is 0.130. The zero-order valence-corrected chi connectivity index (χ0v) is 16.6. The van der Waals surface area contributed by atoms with E-state index in [-0.39, 0.29) is 25.3 Å². The molecule has 0 spiro atoms. The molecule has 0 saturated carbocycles. The van der Waals surface area contributed by atoms with Gasteiger partial charge in [-0.15, -0.1) is 0 Å². The first-order chi connectivity index (χ1) is 14.0. The molecule has 1 amide bonds. The maximum atomic E-state index is 13.1. The van der Waals surface area contributed by atoms with Gasteiger partial charge in [0.2, 0.25) is 0 Å². The van der Waals surface area contributed by atoms with Gasteiger partial charge in [0, 0.05) is 11.6 Å². The highest BCUT2D eigenvalue weighted by Crippen LogP contribution is 2.19. The quantitative estimate of drug-likeness (QED) is 0.568. The normalized spacial score (nSPS) is 10.5. The lowest BCUT2D eigenvalue weighted by Crippen LogP contribution is -2.34. The van der Waals surface area contributed by atoms with E-state index in [2.05, 4.69) is 18.5 Å². The van der Waals surface area contributed by atoms with Crippen LogP contribution in [-0.4, -0.2) is 23.6 Å². The van der Waals surface area contributed by atoms with Gasteiger partial charge in [-0.2, -0.15) is 0 Å². The fourth-order valence-electron chi connectivity index (χ4n) is 2.86. The number of fused-ring (bicyclic) bond motifs is 1. The van der Waals surface area contributed by atoms with Crippen molar-refractivity contribution in [3.05, 3.63) is 100 Å². The predicted octanol–water partition coefficient (Wildman–Crippen LogP) is 4.21. The Morgan fingerprint density at radius 1 is 1.17 bits per heavy atom. The number of amides is 1. The van der Waals surface area contributed by atoms with E-state index in [4.69, 9.17) is 16.3 Å². The smallest absolute Gasteiger partial charge is 0.264 e. The summed E-state index contributed by atoms with van der Waals surface area (Å²) in [6.45, 7) is 8.12. The zero-order valence-electron chi connectivity index (χ0n) is 15.9. The van der Waals surface area contributed by atoms with E-state index in [0.717, 1.165) is 5.39 Å². The molecule has 0 atom stereocenters. The van der Waals surface area contributed by atoms with Gasteiger partial charge in [-0.3, -0.25) is 9.59 Å². The number of nitrogens with one attached hydrogen (secondary N) is 1. The summed E-state index contributed by atoms with van der Waals surface area (Å²) < 4.78 is 7.24. The number of carbonyl (C=O) groups excluding carboxylic acids is 1. The summed E-state index contributed by atoms with van der Waals surface area (Å²) in [6, 6.07) is 16.1. The van der Waals surface area contributed by atoms with Gasteiger partial charge in [0.15, 0.2) is 0 Å². The van der Waals surface area contributed by atoms with Crippen molar-refractivity contribution in [1.29, 1.82) is 0 Å². The molecule has 0 saturated heterocycles. The van der Waals surface area contributed by atoms with Crippen molar-refractivity contribution in [2.24, 2.45) is 0 Å². The fourth-order valence-corrected chi connectivity index (χ4v) is 3.03. The Bertz CT molecular complexity index is 1120. The third-order valence-corrected chi connectivity index (χ3v) is 4.63.